The van der Waals surface area contributed by atoms with Gasteiger partial charge in [-0.25, -0.2) is 0 Å². The number of rotatable bonds is 7. The molecule has 5 nitrogen and oxygen atoms in total. The molecule has 0 aliphatic rings. The van der Waals surface area contributed by atoms with Gasteiger partial charge in [0, 0.05) is 23.2 Å². The van der Waals surface area contributed by atoms with Crippen molar-refractivity contribution < 1.29 is 14.3 Å². The number of anilines is 2. The van der Waals surface area contributed by atoms with E-state index in [1.807, 2.05) is 66.7 Å². The Morgan fingerprint density at radius 2 is 1.54 bits per heavy atom. The van der Waals surface area contributed by atoms with Crippen molar-refractivity contribution in [2.75, 3.05) is 16.4 Å². The number of benzene rings is 3. The van der Waals surface area contributed by atoms with E-state index >= 15 is 0 Å². The van der Waals surface area contributed by atoms with Gasteiger partial charge in [-0.05, 0) is 54.6 Å². The Morgan fingerprint density at radius 1 is 0.821 bits per heavy atom. The zero-order valence-electron chi connectivity index (χ0n) is 15.3. The third-order valence-corrected chi connectivity index (χ3v) is 4.64. The molecule has 0 aliphatic heterocycles. The second-order valence-corrected chi connectivity index (χ2v) is 7.03. The van der Waals surface area contributed by atoms with Crippen LogP contribution in [-0.4, -0.2) is 17.6 Å². The summed E-state index contributed by atoms with van der Waals surface area (Å²) in [6.07, 6.45) is 0. The minimum Gasteiger partial charge on any atom is -0.457 e. The zero-order chi connectivity index (χ0) is 19.8. The molecule has 0 atom stereocenters. The van der Waals surface area contributed by atoms with E-state index in [0.717, 1.165) is 10.6 Å². The first-order valence-electron chi connectivity index (χ1n) is 8.72. The van der Waals surface area contributed by atoms with Crippen LogP contribution in [0.1, 0.15) is 6.92 Å². The van der Waals surface area contributed by atoms with E-state index in [1.165, 1.54) is 18.7 Å². The highest BCUT2D eigenvalue weighted by Crippen LogP contribution is 2.24. The van der Waals surface area contributed by atoms with Gasteiger partial charge < -0.3 is 15.4 Å². The van der Waals surface area contributed by atoms with Crippen molar-refractivity contribution in [3.8, 4) is 11.5 Å². The van der Waals surface area contributed by atoms with Gasteiger partial charge in [0.15, 0.2) is 0 Å². The first-order valence-corrected chi connectivity index (χ1v) is 9.70. The van der Waals surface area contributed by atoms with Crippen LogP contribution in [0, 0.1) is 0 Å². The van der Waals surface area contributed by atoms with Crippen molar-refractivity contribution in [1.29, 1.82) is 0 Å². The Labute approximate surface area is 168 Å². The third kappa shape index (κ3) is 6.17. The fraction of sp³-hybridized carbons (Fsp3) is 0.0909. The van der Waals surface area contributed by atoms with Crippen LogP contribution >= 0.6 is 11.8 Å². The number of carbonyl (C=O) groups is 2. The molecular formula is C22H20N2O3S. The predicted octanol–water partition coefficient (Wildman–Crippen LogP) is 5.17. The van der Waals surface area contributed by atoms with Gasteiger partial charge in [0.05, 0.1) is 5.75 Å². The molecule has 0 spiro atoms. The highest BCUT2D eigenvalue weighted by Gasteiger charge is 2.06. The molecule has 0 bridgehead atoms. The smallest absolute Gasteiger partial charge is 0.234 e. The first-order chi connectivity index (χ1) is 13.6. The summed E-state index contributed by atoms with van der Waals surface area (Å²) in [6, 6.07) is 24.1. The summed E-state index contributed by atoms with van der Waals surface area (Å²) >= 11 is 1.41. The lowest BCUT2D eigenvalue weighted by molar-refractivity contribution is -0.114. The second kappa shape index (κ2) is 9.62. The summed E-state index contributed by atoms with van der Waals surface area (Å²) in [7, 11) is 0. The van der Waals surface area contributed by atoms with E-state index in [1.54, 1.807) is 12.1 Å². The van der Waals surface area contributed by atoms with Crippen LogP contribution in [0.3, 0.4) is 0 Å². The lowest BCUT2D eigenvalue weighted by Gasteiger charge is -2.08. The molecular weight excluding hydrogens is 372 g/mol. The van der Waals surface area contributed by atoms with Crippen molar-refractivity contribution in [3.63, 3.8) is 0 Å². The Kier molecular flexibility index (Phi) is 6.70. The van der Waals surface area contributed by atoms with E-state index < -0.39 is 0 Å². The van der Waals surface area contributed by atoms with Gasteiger partial charge in [-0.2, -0.15) is 0 Å². The molecule has 0 saturated carbocycles. The molecule has 28 heavy (non-hydrogen) atoms. The summed E-state index contributed by atoms with van der Waals surface area (Å²) < 4.78 is 5.74. The summed E-state index contributed by atoms with van der Waals surface area (Å²) in [5.74, 6) is 1.50. The molecule has 3 aromatic carbocycles. The number of ether oxygens (including phenoxy) is 1. The molecule has 0 radical (unpaired) electrons. The highest BCUT2D eigenvalue weighted by molar-refractivity contribution is 8.00. The normalized spacial score (nSPS) is 10.2. The number of thioether (sulfide) groups is 1. The number of carbonyl (C=O) groups excluding carboxylic acids is 2. The lowest BCUT2D eigenvalue weighted by atomic mass is 10.3. The Hall–Kier alpha value is -3.25. The molecule has 0 heterocycles. The molecule has 0 aromatic heterocycles. The highest BCUT2D eigenvalue weighted by atomic mass is 32.2. The van der Waals surface area contributed by atoms with Gasteiger partial charge in [-0.3, -0.25) is 9.59 Å². The van der Waals surface area contributed by atoms with Crippen LogP contribution in [-0.2, 0) is 9.59 Å². The lowest BCUT2D eigenvalue weighted by Crippen LogP contribution is -2.13. The fourth-order valence-electron chi connectivity index (χ4n) is 2.44. The van der Waals surface area contributed by atoms with Gasteiger partial charge >= 0.3 is 0 Å². The average molecular weight is 392 g/mol. The molecule has 0 unspecified atom stereocenters. The van der Waals surface area contributed by atoms with E-state index in [9.17, 15) is 9.59 Å². The molecule has 6 heteroatoms. The molecule has 2 N–H and O–H groups in total. The van der Waals surface area contributed by atoms with Crippen molar-refractivity contribution in [2.24, 2.45) is 0 Å². The summed E-state index contributed by atoms with van der Waals surface area (Å²) in [5, 5.41) is 5.60. The quantitative estimate of drug-likeness (QED) is 0.545. The first kappa shape index (κ1) is 19.5. The molecule has 0 fully saturated rings. The Morgan fingerprint density at radius 3 is 2.25 bits per heavy atom. The third-order valence-electron chi connectivity index (χ3n) is 3.64. The van der Waals surface area contributed by atoms with Gasteiger partial charge in [0.25, 0.3) is 0 Å². The molecule has 142 valence electrons. The largest absolute Gasteiger partial charge is 0.457 e. The van der Waals surface area contributed by atoms with E-state index in [0.29, 0.717) is 17.1 Å². The SMILES string of the molecule is CC(=O)Nc1cccc(SCC(=O)Nc2ccc(Oc3ccccc3)cc2)c1. The van der Waals surface area contributed by atoms with Gasteiger partial charge in [-0.15, -0.1) is 11.8 Å². The van der Waals surface area contributed by atoms with Crippen LogP contribution < -0.4 is 15.4 Å². The summed E-state index contributed by atoms with van der Waals surface area (Å²) in [6.45, 7) is 1.46. The fourth-order valence-corrected chi connectivity index (χ4v) is 3.20. The molecule has 2 amide bonds. The number of amides is 2. The summed E-state index contributed by atoms with van der Waals surface area (Å²) in [5.41, 5.74) is 1.42. The molecule has 0 saturated heterocycles. The number of nitrogens with one attached hydrogen (secondary N) is 2. The van der Waals surface area contributed by atoms with Crippen molar-refractivity contribution in [2.45, 2.75) is 11.8 Å². The maximum Gasteiger partial charge on any atom is 0.234 e. The Balaban J connectivity index is 1.50. The number of hydrogen-bond acceptors (Lipinski definition) is 4. The Bertz CT molecular complexity index is 944. The minimum atomic E-state index is -0.125. The monoisotopic (exact) mass is 392 g/mol. The summed E-state index contributed by atoms with van der Waals surface area (Å²) in [4.78, 5) is 24.2. The van der Waals surface area contributed by atoms with Crippen LogP contribution in [0.2, 0.25) is 0 Å². The van der Waals surface area contributed by atoms with E-state index in [2.05, 4.69) is 10.6 Å². The maximum atomic E-state index is 12.2. The van der Waals surface area contributed by atoms with Crippen LogP contribution in [0.15, 0.2) is 83.8 Å². The minimum absolute atomic E-state index is 0.105. The predicted molar refractivity (Wildman–Crippen MR) is 113 cm³/mol. The van der Waals surface area contributed by atoms with E-state index in [4.69, 9.17) is 4.74 Å². The standard InChI is InChI=1S/C22H20N2O3S/c1-16(25)23-18-6-5-9-21(14-18)28-15-22(26)24-17-10-12-20(13-11-17)27-19-7-3-2-4-8-19/h2-14H,15H2,1H3,(H,23,25)(H,24,26). The van der Waals surface area contributed by atoms with Crippen LogP contribution in [0.25, 0.3) is 0 Å². The number of hydrogen-bond donors (Lipinski definition) is 2. The molecule has 3 rings (SSSR count). The second-order valence-electron chi connectivity index (χ2n) is 5.99. The van der Waals surface area contributed by atoms with E-state index in [-0.39, 0.29) is 17.6 Å². The average Bonchev–Trinajstić information content (AvgIpc) is 2.69. The maximum absolute atomic E-state index is 12.2. The van der Waals surface area contributed by atoms with Crippen LogP contribution in [0.4, 0.5) is 11.4 Å². The molecule has 3 aromatic rings. The molecule has 0 aliphatic carbocycles. The van der Waals surface area contributed by atoms with Crippen molar-refractivity contribution in [3.05, 3.63) is 78.9 Å². The topological polar surface area (TPSA) is 67.4 Å². The number of para-hydroxylation sites is 1. The van der Waals surface area contributed by atoms with Crippen molar-refractivity contribution >= 4 is 35.0 Å². The van der Waals surface area contributed by atoms with Gasteiger partial charge in [-0.1, -0.05) is 24.3 Å². The zero-order valence-corrected chi connectivity index (χ0v) is 16.2. The van der Waals surface area contributed by atoms with Crippen molar-refractivity contribution in [1.82, 2.24) is 0 Å². The van der Waals surface area contributed by atoms with Crippen LogP contribution in [0.5, 0.6) is 11.5 Å². The van der Waals surface area contributed by atoms with Gasteiger partial charge in [0.2, 0.25) is 11.8 Å². The van der Waals surface area contributed by atoms with Gasteiger partial charge in [0.1, 0.15) is 11.5 Å².